The fourth-order valence-electron chi connectivity index (χ4n) is 1.17. The molecule has 0 saturated carbocycles. The predicted molar refractivity (Wildman–Crippen MR) is 50.4 cm³/mol. The molecule has 1 amide bonds. The van der Waals surface area contributed by atoms with Gasteiger partial charge in [0.05, 0.1) is 6.42 Å². The zero-order chi connectivity index (χ0) is 9.84. The summed E-state index contributed by atoms with van der Waals surface area (Å²) in [5.41, 5.74) is 6.65. The van der Waals surface area contributed by atoms with Crippen molar-refractivity contribution in [2.45, 2.75) is 19.8 Å². The number of aryl methyl sites for hydroxylation is 1. The van der Waals surface area contributed by atoms with Crippen LogP contribution in [-0.4, -0.2) is 11.0 Å². The highest BCUT2D eigenvalue weighted by atomic mass is 16.3. The molecule has 3 heteroatoms. The minimum Gasteiger partial charge on any atom is -0.508 e. The number of carbonyl (C=O) groups is 1. The molecule has 3 N–H and O–H groups in total. The van der Waals surface area contributed by atoms with E-state index in [9.17, 15) is 9.90 Å². The van der Waals surface area contributed by atoms with Crippen LogP contribution in [-0.2, 0) is 17.6 Å². The summed E-state index contributed by atoms with van der Waals surface area (Å²) in [6, 6.07) is 5.29. The Morgan fingerprint density at radius 1 is 1.54 bits per heavy atom. The second-order valence-corrected chi connectivity index (χ2v) is 2.96. The number of aromatic hydroxyl groups is 1. The summed E-state index contributed by atoms with van der Waals surface area (Å²) in [6.07, 6.45) is 0.959. The Morgan fingerprint density at radius 3 is 2.69 bits per heavy atom. The monoisotopic (exact) mass is 179 g/mol. The quantitative estimate of drug-likeness (QED) is 0.726. The third-order valence-corrected chi connectivity index (χ3v) is 1.92. The first kappa shape index (κ1) is 9.58. The Kier molecular flexibility index (Phi) is 2.90. The van der Waals surface area contributed by atoms with Crippen molar-refractivity contribution < 1.29 is 9.90 Å². The van der Waals surface area contributed by atoms with Gasteiger partial charge in [-0.05, 0) is 18.1 Å². The first-order valence-electron chi connectivity index (χ1n) is 4.22. The summed E-state index contributed by atoms with van der Waals surface area (Å²) in [4.78, 5) is 10.6. The van der Waals surface area contributed by atoms with Gasteiger partial charge >= 0.3 is 0 Å². The van der Waals surface area contributed by atoms with Gasteiger partial charge in [-0.15, -0.1) is 0 Å². The fourth-order valence-corrected chi connectivity index (χ4v) is 1.17. The van der Waals surface area contributed by atoms with Crippen LogP contribution in [0.4, 0.5) is 0 Å². The number of primary amides is 1. The van der Waals surface area contributed by atoms with E-state index in [0.717, 1.165) is 12.0 Å². The highest BCUT2D eigenvalue weighted by Crippen LogP contribution is 2.19. The van der Waals surface area contributed by atoms with Crippen LogP contribution in [0.25, 0.3) is 0 Å². The molecule has 0 aliphatic carbocycles. The lowest BCUT2D eigenvalue weighted by atomic mass is 10.1. The average Bonchev–Trinajstić information content (AvgIpc) is 2.08. The Morgan fingerprint density at radius 2 is 2.23 bits per heavy atom. The molecule has 0 bridgehead atoms. The summed E-state index contributed by atoms with van der Waals surface area (Å²) in [5.74, 6) is -0.280. The maximum absolute atomic E-state index is 10.6. The number of phenols is 1. The van der Waals surface area contributed by atoms with E-state index in [0.29, 0.717) is 5.56 Å². The maximum atomic E-state index is 10.6. The van der Waals surface area contributed by atoms with Crippen molar-refractivity contribution in [2.24, 2.45) is 5.73 Å². The van der Waals surface area contributed by atoms with E-state index in [1.54, 1.807) is 12.1 Å². The molecule has 0 spiro atoms. The molecular weight excluding hydrogens is 166 g/mol. The Hall–Kier alpha value is -1.51. The number of hydrogen-bond donors (Lipinski definition) is 2. The van der Waals surface area contributed by atoms with Crippen molar-refractivity contribution in [2.75, 3.05) is 0 Å². The zero-order valence-electron chi connectivity index (χ0n) is 7.58. The minimum atomic E-state index is -0.431. The highest BCUT2D eigenvalue weighted by Gasteiger charge is 2.04. The molecule has 70 valence electrons. The van der Waals surface area contributed by atoms with Gasteiger partial charge in [0.15, 0.2) is 0 Å². The van der Waals surface area contributed by atoms with E-state index < -0.39 is 5.91 Å². The van der Waals surface area contributed by atoms with E-state index in [1.165, 1.54) is 0 Å². The number of amides is 1. The van der Waals surface area contributed by atoms with Gasteiger partial charge in [-0.1, -0.05) is 19.1 Å². The third kappa shape index (κ3) is 2.47. The highest BCUT2D eigenvalue weighted by molar-refractivity contribution is 5.77. The number of nitrogens with two attached hydrogens (primary N) is 1. The van der Waals surface area contributed by atoms with Gasteiger partial charge in [0.25, 0.3) is 0 Å². The smallest absolute Gasteiger partial charge is 0.221 e. The maximum Gasteiger partial charge on any atom is 0.221 e. The molecule has 1 aromatic rings. The molecule has 0 aromatic heterocycles. The molecule has 0 saturated heterocycles. The number of carbonyl (C=O) groups excluding carboxylic acids is 1. The molecule has 0 radical (unpaired) electrons. The topological polar surface area (TPSA) is 63.3 Å². The molecule has 0 aliphatic rings. The van der Waals surface area contributed by atoms with Crippen molar-refractivity contribution in [3.05, 3.63) is 29.3 Å². The molecule has 1 aromatic carbocycles. The Bertz CT molecular complexity index is 321. The number of phenolic OH excluding ortho intramolecular Hbond substituents is 1. The van der Waals surface area contributed by atoms with Gasteiger partial charge in [0, 0.05) is 5.56 Å². The summed E-state index contributed by atoms with van der Waals surface area (Å²) >= 11 is 0. The van der Waals surface area contributed by atoms with Crippen molar-refractivity contribution in [1.82, 2.24) is 0 Å². The van der Waals surface area contributed by atoms with Crippen LogP contribution in [0.2, 0.25) is 0 Å². The first-order chi connectivity index (χ1) is 6.13. The van der Waals surface area contributed by atoms with Crippen molar-refractivity contribution in [3.63, 3.8) is 0 Å². The van der Waals surface area contributed by atoms with Crippen LogP contribution in [0, 0.1) is 0 Å². The fraction of sp³-hybridized carbons (Fsp3) is 0.300. The largest absolute Gasteiger partial charge is 0.508 e. The molecule has 0 atom stereocenters. The summed E-state index contributed by atoms with van der Waals surface area (Å²) < 4.78 is 0. The van der Waals surface area contributed by atoms with Gasteiger partial charge in [0.1, 0.15) is 5.75 Å². The molecule has 0 unspecified atom stereocenters. The van der Waals surface area contributed by atoms with Crippen molar-refractivity contribution in [1.29, 1.82) is 0 Å². The third-order valence-electron chi connectivity index (χ3n) is 1.92. The van der Waals surface area contributed by atoms with Crippen LogP contribution in [0.5, 0.6) is 5.75 Å². The lowest BCUT2D eigenvalue weighted by Crippen LogP contribution is -2.13. The number of hydrogen-bond acceptors (Lipinski definition) is 2. The van der Waals surface area contributed by atoms with Crippen LogP contribution in [0.15, 0.2) is 18.2 Å². The second-order valence-electron chi connectivity index (χ2n) is 2.96. The minimum absolute atomic E-state index is 0.0931. The molecule has 0 fully saturated rings. The normalized spacial score (nSPS) is 9.92. The van der Waals surface area contributed by atoms with E-state index in [1.807, 2.05) is 13.0 Å². The zero-order valence-corrected chi connectivity index (χ0v) is 7.58. The van der Waals surface area contributed by atoms with Gasteiger partial charge in [0.2, 0.25) is 5.91 Å². The van der Waals surface area contributed by atoms with Crippen molar-refractivity contribution >= 4 is 5.91 Å². The summed E-state index contributed by atoms with van der Waals surface area (Å²) in [7, 11) is 0. The second kappa shape index (κ2) is 3.94. The van der Waals surface area contributed by atoms with Gasteiger partial charge in [-0.2, -0.15) is 0 Å². The standard InChI is InChI=1S/C10H13NO2/c1-2-7-3-4-8(6-10(11)13)9(12)5-7/h3-5,12H,2,6H2,1H3,(H2,11,13). The molecular formula is C10H13NO2. The van der Waals surface area contributed by atoms with Crippen LogP contribution < -0.4 is 5.73 Å². The number of benzene rings is 1. The lowest BCUT2D eigenvalue weighted by molar-refractivity contribution is -0.117. The van der Waals surface area contributed by atoms with Crippen molar-refractivity contribution in [3.8, 4) is 5.75 Å². The summed E-state index contributed by atoms with van der Waals surface area (Å²) in [6.45, 7) is 2.00. The lowest BCUT2D eigenvalue weighted by Gasteiger charge is -2.03. The van der Waals surface area contributed by atoms with E-state index in [4.69, 9.17) is 5.73 Å². The molecule has 13 heavy (non-hydrogen) atoms. The Balaban J connectivity index is 2.91. The van der Waals surface area contributed by atoms with Crippen LogP contribution >= 0.6 is 0 Å². The average molecular weight is 179 g/mol. The molecule has 0 aliphatic heterocycles. The SMILES string of the molecule is CCc1ccc(CC(N)=O)c(O)c1. The van der Waals surface area contributed by atoms with E-state index >= 15 is 0 Å². The van der Waals surface area contributed by atoms with Gasteiger partial charge in [-0.25, -0.2) is 0 Å². The first-order valence-corrected chi connectivity index (χ1v) is 4.22. The number of rotatable bonds is 3. The van der Waals surface area contributed by atoms with Gasteiger partial charge in [-0.3, -0.25) is 4.79 Å². The summed E-state index contributed by atoms with van der Waals surface area (Å²) in [5, 5.41) is 9.46. The van der Waals surface area contributed by atoms with E-state index in [2.05, 4.69) is 0 Å². The van der Waals surface area contributed by atoms with Crippen LogP contribution in [0.1, 0.15) is 18.1 Å². The van der Waals surface area contributed by atoms with E-state index in [-0.39, 0.29) is 12.2 Å². The molecule has 3 nitrogen and oxygen atoms in total. The Labute approximate surface area is 77.2 Å². The molecule has 0 heterocycles. The van der Waals surface area contributed by atoms with Gasteiger partial charge < -0.3 is 10.8 Å². The predicted octanol–water partition coefficient (Wildman–Crippen LogP) is 0.982. The molecule has 1 rings (SSSR count). The van der Waals surface area contributed by atoms with Crippen LogP contribution in [0.3, 0.4) is 0 Å².